The molecule has 0 aliphatic carbocycles. The molecule has 0 spiro atoms. The van der Waals surface area contributed by atoms with E-state index in [1.54, 1.807) is 0 Å². The zero-order chi connectivity index (χ0) is 38.3. The minimum absolute atomic E-state index is 0.128. The van der Waals surface area contributed by atoms with Gasteiger partial charge in [-0.25, -0.2) is 0 Å². The van der Waals surface area contributed by atoms with Gasteiger partial charge in [0.05, 0.1) is 8.42 Å². The summed E-state index contributed by atoms with van der Waals surface area (Å²) in [7, 11) is -0.362. The second-order valence-corrected chi connectivity index (χ2v) is 26.2. The molecule has 0 fully saturated rings. The predicted molar refractivity (Wildman–Crippen MR) is 238 cm³/mol. The average Bonchev–Trinajstić information content (AvgIpc) is 3.74. The first-order valence-corrected chi connectivity index (χ1v) is 23.5. The van der Waals surface area contributed by atoms with Crippen LogP contribution in [0.2, 0.25) is 0 Å². The van der Waals surface area contributed by atoms with Gasteiger partial charge >= 0.3 is 0 Å². The fourth-order valence-electron chi connectivity index (χ4n) is 6.14. The molecule has 5 heteroatoms. The Morgan fingerprint density at radius 1 is 0.321 bits per heavy atom. The summed E-state index contributed by atoms with van der Waals surface area (Å²) in [5.74, 6) is 0. The summed E-state index contributed by atoms with van der Waals surface area (Å²) in [5, 5.41) is 0. The molecule has 6 rings (SSSR count). The number of hydrogen-bond donors (Lipinski definition) is 0. The molecule has 2 aromatic heterocycles. The molecule has 0 aliphatic rings. The van der Waals surface area contributed by atoms with Crippen molar-refractivity contribution in [2.75, 3.05) is 0 Å². The Bertz CT molecular complexity index is 1830. The summed E-state index contributed by atoms with van der Waals surface area (Å²) in [6.07, 6.45) is 0. The summed E-state index contributed by atoms with van der Waals surface area (Å²) >= 11 is 5.81. The monoisotopic (exact) mass is 792 g/mol. The van der Waals surface area contributed by atoms with Crippen molar-refractivity contribution in [3.8, 4) is 0 Å². The zero-order valence-electron chi connectivity index (χ0n) is 33.6. The molecule has 0 aliphatic heterocycles. The van der Waals surface area contributed by atoms with Crippen LogP contribution in [0.1, 0.15) is 105 Å². The average molecular weight is 793 g/mol. The topological polar surface area (TPSA) is 0 Å². The van der Waals surface area contributed by atoms with Crippen molar-refractivity contribution in [2.45, 2.75) is 141 Å². The SMILES string of the molecule is CC(C)(C)c1ccc([S+](c2ccc(C(C)(C)C)cc2)c2ccc(Sc3ccc([S+](c4ccc(C(C)(C)C)cc4)c4ccc(C(C)(C)C)cc4)s3)s2)cc1. The van der Waals surface area contributed by atoms with Crippen LogP contribution in [0.4, 0.5) is 0 Å². The fraction of sp³-hybridized carbons (Fsp3) is 0.333. The first-order chi connectivity index (χ1) is 24.8. The zero-order valence-corrected chi connectivity index (χ0v) is 37.7. The summed E-state index contributed by atoms with van der Waals surface area (Å²) < 4.78 is 5.50. The van der Waals surface area contributed by atoms with Gasteiger partial charge in [0.2, 0.25) is 8.42 Å². The molecule has 4 aromatic carbocycles. The van der Waals surface area contributed by atoms with E-state index in [1.807, 2.05) is 34.4 Å². The molecule has 0 N–H and O–H groups in total. The maximum atomic E-state index is 2.37. The molecule has 6 aromatic rings. The molecule has 0 bridgehead atoms. The van der Waals surface area contributed by atoms with Gasteiger partial charge in [-0.3, -0.25) is 0 Å². The molecule has 0 nitrogen and oxygen atoms in total. The fourth-order valence-corrected chi connectivity index (χ4v) is 15.3. The van der Waals surface area contributed by atoms with E-state index in [-0.39, 0.29) is 43.4 Å². The molecular formula is C48H56S5+2. The van der Waals surface area contributed by atoms with Crippen LogP contribution in [-0.4, -0.2) is 0 Å². The second kappa shape index (κ2) is 15.5. The Balaban J connectivity index is 1.32. The highest BCUT2D eigenvalue weighted by Crippen LogP contribution is 2.45. The third kappa shape index (κ3) is 9.59. The maximum Gasteiger partial charge on any atom is 0.221 e. The smallest absolute Gasteiger partial charge is 0.0781 e. The molecule has 0 saturated heterocycles. The lowest BCUT2D eigenvalue weighted by Gasteiger charge is -2.19. The van der Waals surface area contributed by atoms with Gasteiger partial charge in [-0.2, -0.15) is 0 Å². The number of hydrogen-bond acceptors (Lipinski definition) is 3. The largest absolute Gasteiger partial charge is 0.221 e. The van der Waals surface area contributed by atoms with Gasteiger partial charge in [0.25, 0.3) is 0 Å². The van der Waals surface area contributed by atoms with Gasteiger partial charge in [0.1, 0.15) is 21.8 Å². The van der Waals surface area contributed by atoms with E-state index in [9.17, 15) is 0 Å². The van der Waals surface area contributed by atoms with E-state index in [2.05, 4.69) is 204 Å². The Labute approximate surface area is 338 Å². The lowest BCUT2D eigenvalue weighted by Crippen LogP contribution is -2.12. The third-order valence-electron chi connectivity index (χ3n) is 9.54. The van der Waals surface area contributed by atoms with Gasteiger partial charge in [-0.15, -0.1) is 0 Å². The van der Waals surface area contributed by atoms with Gasteiger partial charge in [0.15, 0.2) is 19.6 Å². The van der Waals surface area contributed by atoms with Gasteiger partial charge < -0.3 is 0 Å². The van der Waals surface area contributed by atoms with Crippen LogP contribution in [0.15, 0.2) is 158 Å². The quantitative estimate of drug-likeness (QED) is 0.138. The lowest BCUT2D eigenvalue weighted by atomic mass is 9.87. The predicted octanol–water partition coefficient (Wildman–Crippen LogP) is 15.3. The molecule has 0 amide bonds. The molecule has 0 atom stereocenters. The lowest BCUT2D eigenvalue weighted by molar-refractivity contribution is 0.589. The Hall–Kier alpha value is -2.67. The standard InChI is InChI=1S/C48H56S5/c1-45(2,3)33-13-21-37(22-14-33)52(38-23-15-34(16-24-38)46(4,5)6)43-31-29-41(50-43)49-42-30-32-44(51-42)53(39-25-17-35(18-26-39)47(7,8)9)40-27-19-36(20-28-40)48(10,11)12/h13-32H,1-12H3/q+2. The Kier molecular flexibility index (Phi) is 11.7. The van der Waals surface area contributed by atoms with Crippen molar-refractivity contribution in [3.05, 3.63) is 144 Å². The van der Waals surface area contributed by atoms with Crippen molar-refractivity contribution < 1.29 is 0 Å². The molecular weight excluding hydrogens is 737 g/mol. The van der Waals surface area contributed by atoms with Crippen LogP contribution in [0.25, 0.3) is 0 Å². The van der Waals surface area contributed by atoms with Crippen LogP contribution in [0.3, 0.4) is 0 Å². The van der Waals surface area contributed by atoms with Crippen molar-refractivity contribution >= 4 is 56.2 Å². The summed E-state index contributed by atoms with van der Waals surface area (Å²) in [6.45, 7) is 27.5. The maximum absolute atomic E-state index is 2.37. The number of benzene rings is 4. The van der Waals surface area contributed by atoms with E-state index in [1.165, 1.54) is 58.7 Å². The highest BCUT2D eigenvalue weighted by atomic mass is 32.2. The first-order valence-electron chi connectivity index (χ1n) is 18.6. The molecule has 0 saturated carbocycles. The highest BCUT2D eigenvalue weighted by Gasteiger charge is 2.34. The van der Waals surface area contributed by atoms with E-state index in [4.69, 9.17) is 0 Å². The van der Waals surface area contributed by atoms with Crippen LogP contribution < -0.4 is 0 Å². The van der Waals surface area contributed by atoms with Gasteiger partial charge in [-0.1, -0.05) is 166 Å². The van der Waals surface area contributed by atoms with Crippen molar-refractivity contribution in [1.29, 1.82) is 0 Å². The summed E-state index contributed by atoms with van der Waals surface area (Å²) in [6, 6.07) is 47.0. The minimum Gasteiger partial charge on any atom is -0.0781 e. The summed E-state index contributed by atoms with van der Waals surface area (Å²) in [5.41, 5.74) is 6.01. The summed E-state index contributed by atoms with van der Waals surface area (Å²) in [4.78, 5) is 5.49. The van der Waals surface area contributed by atoms with E-state index in [0.717, 1.165) is 0 Å². The van der Waals surface area contributed by atoms with Crippen LogP contribution in [-0.2, 0) is 43.4 Å². The number of rotatable bonds is 8. The molecule has 0 unspecified atom stereocenters. The van der Waals surface area contributed by atoms with Crippen LogP contribution in [0, 0.1) is 0 Å². The number of thiophene rings is 2. The normalized spacial score (nSPS) is 12.9. The van der Waals surface area contributed by atoms with Crippen molar-refractivity contribution in [1.82, 2.24) is 0 Å². The second-order valence-electron chi connectivity index (χ2n) is 18.0. The molecule has 276 valence electrons. The van der Waals surface area contributed by atoms with Crippen LogP contribution >= 0.6 is 34.4 Å². The van der Waals surface area contributed by atoms with Crippen molar-refractivity contribution in [2.24, 2.45) is 0 Å². The molecule has 0 radical (unpaired) electrons. The van der Waals surface area contributed by atoms with E-state index < -0.39 is 0 Å². The van der Waals surface area contributed by atoms with Crippen LogP contribution in [0.5, 0.6) is 0 Å². The van der Waals surface area contributed by atoms with E-state index >= 15 is 0 Å². The minimum atomic E-state index is -0.181. The molecule has 2 heterocycles. The third-order valence-corrected chi connectivity index (χ3v) is 18.1. The molecule has 53 heavy (non-hydrogen) atoms. The first kappa shape index (κ1) is 40.0. The van der Waals surface area contributed by atoms with Gasteiger partial charge in [0, 0.05) is 12.1 Å². The van der Waals surface area contributed by atoms with Crippen molar-refractivity contribution in [3.63, 3.8) is 0 Å². The Morgan fingerprint density at radius 2 is 0.547 bits per heavy atom. The van der Waals surface area contributed by atoms with Gasteiger partial charge in [-0.05, 0) is 105 Å². The highest BCUT2D eigenvalue weighted by molar-refractivity contribution is 8.04. The Morgan fingerprint density at radius 3 is 0.755 bits per heavy atom. The van der Waals surface area contributed by atoms with E-state index in [0.29, 0.717) is 0 Å².